The Kier molecular flexibility index (Phi) is 8.11. The number of hydrogen-bond acceptors (Lipinski definition) is 10. The third-order valence-corrected chi connectivity index (χ3v) is 6.26. The number of carbonyl (C=O) groups excluding carboxylic acids is 3. The number of rotatable bonds is 9. The Bertz CT molecular complexity index is 1530. The molecule has 1 fully saturated rings. The maximum Gasteiger partial charge on any atom is 0.436 e. The number of aromatic nitrogens is 2. The number of imidazole rings is 1. The van der Waals surface area contributed by atoms with E-state index in [9.17, 15) is 24.5 Å². The molecular weight excluding hydrogens is 534 g/mol. The average Bonchev–Trinajstić information content (AvgIpc) is 3.62. The molecule has 41 heavy (non-hydrogen) atoms. The van der Waals surface area contributed by atoms with Gasteiger partial charge < -0.3 is 29.1 Å². The second-order valence-corrected chi connectivity index (χ2v) is 8.89. The molecule has 0 spiro atoms. The highest BCUT2D eigenvalue weighted by Gasteiger charge is 2.54. The zero-order valence-electron chi connectivity index (χ0n) is 21.3. The lowest BCUT2D eigenvalue weighted by Gasteiger charge is -2.24. The van der Waals surface area contributed by atoms with Crippen molar-refractivity contribution in [3.63, 3.8) is 0 Å². The highest BCUT2D eigenvalue weighted by molar-refractivity contribution is 5.91. The van der Waals surface area contributed by atoms with Crippen molar-refractivity contribution in [2.75, 3.05) is 6.61 Å². The first-order valence-electron chi connectivity index (χ1n) is 12.5. The number of benzene rings is 3. The summed E-state index contributed by atoms with van der Waals surface area (Å²) in [5, 5.41) is 11.7. The van der Waals surface area contributed by atoms with E-state index in [1.807, 2.05) is 0 Å². The zero-order valence-corrected chi connectivity index (χ0v) is 21.3. The van der Waals surface area contributed by atoms with Crippen LogP contribution in [0.25, 0.3) is 0 Å². The predicted octanol–water partition coefficient (Wildman–Crippen LogP) is 4.00. The molecule has 1 aliphatic rings. The third kappa shape index (κ3) is 6.12. The summed E-state index contributed by atoms with van der Waals surface area (Å²) in [5.41, 5.74) is 0.674. The minimum atomic E-state index is -1.39. The first-order valence-corrected chi connectivity index (χ1v) is 12.5. The number of nitrogens with zero attached hydrogens (tertiary/aromatic N) is 3. The summed E-state index contributed by atoms with van der Waals surface area (Å²) >= 11 is 0. The number of hydrogen-bond donors (Lipinski definition) is 0. The van der Waals surface area contributed by atoms with Crippen LogP contribution in [0.2, 0.25) is 0 Å². The smallest absolute Gasteiger partial charge is 0.436 e. The van der Waals surface area contributed by atoms with E-state index in [-0.39, 0.29) is 16.7 Å². The molecule has 0 amide bonds. The molecular formula is C29H23N3O9. The van der Waals surface area contributed by atoms with Gasteiger partial charge in [-0.15, -0.1) is 0 Å². The van der Waals surface area contributed by atoms with Crippen molar-refractivity contribution in [1.82, 2.24) is 9.55 Å². The van der Waals surface area contributed by atoms with Gasteiger partial charge in [0, 0.05) is 0 Å². The van der Waals surface area contributed by atoms with Crippen LogP contribution in [0.4, 0.5) is 5.95 Å². The summed E-state index contributed by atoms with van der Waals surface area (Å²) < 4.78 is 24.2. The molecule has 208 valence electrons. The minimum Gasteiger partial charge on any atom is -0.459 e. The Morgan fingerprint density at radius 1 is 0.780 bits per heavy atom. The van der Waals surface area contributed by atoms with Crippen molar-refractivity contribution in [3.05, 3.63) is 130 Å². The molecule has 12 nitrogen and oxygen atoms in total. The molecule has 1 aromatic heterocycles. The van der Waals surface area contributed by atoms with Crippen LogP contribution in [0.15, 0.2) is 103 Å². The Morgan fingerprint density at radius 3 is 1.78 bits per heavy atom. The van der Waals surface area contributed by atoms with Crippen LogP contribution in [0, 0.1) is 10.1 Å². The molecule has 5 rings (SSSR count). The van der Waals surface area contributed by atoms with Gasteiger partial charge in [-0.25, -0.2) is 14.4 Å². The molecule has 0 radical (unpaired) electrons. The molecule has 1 aliphatic heterocycles. The quantitative estimate of drug-likeness (QED) is 0.128. The molecule has 0 N–H and O–H groups in total. The molecule has 4 aromatic rings. The Balaban J connectivity index is 1.49. The van der Waals surface area contributed by atoms with Gasteiger partial charge in [0.2, 0.25) is 12.3 Å². The number of carbonyl (C=O) groups is 3. The molecule has 0 bridgehead atoms. The standard InChI is InChI=1S/C29H23N3O9/c33-26(19-10-4-1-5-11-19)38-18-22-23(40-27(34)20-12-6-2-7-13-20)24(41-28(35)21-14-8-3-9-15-21)25(39-22)31-17-16-30-29(31)32(36)37/h1-17,22-25H,18H2/t22-,23-,24-,25+/m1/s1. The largest absolute Gasteiger partial charge is 0.459 e. The third-order valence-electron chi connectivity index (χ3n) is 6.26. The summed E-state index contributed by atoms with van der Waals surface area (Å²) in [6, 6.07) is 24.3. The maximum atomic E-state index is 13.1. The van der Waals surface area contributed by atoms with E-state index < -0.39 is 59.9 Å². The van der Waals surface area contributed by atoms with E-state index in [0.717, 1.165) is 4.57 Å². The normalized spacial score (nSPS) is 19.7. The fourth-order valence-corrected chi connectivity index (χ4v) is 4.33. The van der Waals surface area contributed by atoms with Crippen molar-refractivity contribution >= 4 is 23.9 Å². The summed E-state index contributed by atoms with van der Waals surface area (Å²) in [6.45, 7) is -0.418. The van der Waals surface area contributed by atoms with Crippen molar-refractivity contribution in [2.24, 2.45) is 0 Å². The van der Waals surface area contributed by atoms with Gasteiger partial charge in [-0.2, -0.15) is 4.57 Å². The molecule has 2 heterocycles. The summed E-state index contributed by atoms with van der Waals surface area (Å²) in [5.74, 6) is -2.81. The molecule has 0 unspecified atom stereocenters. The van der Waals surface area contributed by atoms with E-state index in [1.165, 1.54) is 36.7 Å². The summed E-state index contributed by atoms with van der Waals surface area (Å²) in [6.07, 6.45) is -2.77. The highest BCUT2D eigenvalue weighted by atomic mass is 16.7. The second-order valence-electron chi connectivity index (χ2n) is 8.89. The van der Waals surface area contributed by atoms with Crippen LogP contribution in [0.5, 0.6) is 0 Å². The van der Waals surface area contributed by atoms with Gasteiger partial charge in [0.15, 0.2) is 6.10 Å². The number of nitro groups is 1. The van der Waals surface area contributed by atoms with Crippen LogP contribution in [-0.2, 0) is 18.9 Å². The van der Waals surface area contributed by atoms with Gasteiger partial charge in [0.1, 0.15) is 25.1 Å². The lowest BCUT2D eigenvalue weighted by Crippen LogP contribution is -2.41. The zero-order chi connectivity index (χ0) is 28.8. The van der Waals surface area contributed by atoms with Gasteiger partial charge in [-0.3, -0.25) is 0 Å². The number of esters is 3. The monoisotopic (exact) mass is 557 g/mol. The van der Waals surface area contributed by atoms with Crippen LogP contribution < -0.4 is 0 Å². The van der Waals surface area contributed by atoms with Crippen LogP contribution in [-0.4, -0.2) is 57.3 Å². The van der Waals surface area contributed by atoms with E-state index in [1.54, 1.807) is 66.7 Å². The van der Waals surface area contributed by atoms with Gasteiger partial charge >= 0.3 is 23.9 Å². The molecule has 3 aromatic carbocycles. The fourth-order valence-electron chi connectivity index (χ4n) is 4.33. The fraction of sp³-hybridized carbons (Fsp3) is 0.172. The van der Waals surface area contributed by atoms with E-state index >= 15 is 0 Å². The second kappa shape index (κ2) is 12.2. The molecule has 0 saturated carbocycles. The van der Waals surface area contributed by atoms with Gasteiger partial charge in [-0.05, 0) is 41.3 Å². The van der Waals surface area contributed by atoms with Gasteiger partial charge in [-0.1, -0.05) is 59.6 Å². The Morgan fingerprint density at radius 2 is 1.27 bits per heavy atom. The lowest BCUT2D eigenvalue weighted by molar-refractivity contribution is -0.398. The lowest BCUT2D eigenvalue weighted by atomic mass is 10.1. The molecule has 0 aliphatic carbocycles. The Labute approximate surface area is 233 Å². The number of ether oxygens (including phenoxy) is 4. The molecule has 1 saturated heterocycles. The van der Waals surface area contributed by atoms with Crippen molar-refractivity contribution in [3.8, 4) is 0 Å². The van der Waals surface area contributed by atoms with Gasteiger partial charge in [0.25, 0.3) is 0 Å². The highest BCUT2D eigenvalue weighted by Crippen LogP contribution is 2.37. The Hall–Kier alpha value is -5.36. The SMILES string of the molecule is O=C(OC[C@H]1O[C@H](n2ccnc2[N+](=O)[O-])[C@H](OC(=O)c2ccccc2)[C@@H]1OC(=O)c1ccccc1)c1ccccc1. The van der Waals surface area contributed by atoms with Crippen molar-refractivity contribution in [1.29, 1.82) is 0 Å². The first-order chi connectivity index (χ1) is 19.9. The van der Waals surface area contributed by atoms with Crippen molar-refractivity contribution in [2.45, 2.75) is 24.5 Å². The average molecular weight is 558 g/mol. The van der Waals surface area contributed by atoms with E-state index in [4.69, 9.17) is 18.9 Å². The maximum absolute atomic E-state index is 13.1. The topological polar surface area (TPSA) is 149 Å². The molecule has 4 atom stereocenters. The van der Waals surface area contributed by atoms with E-state index in [0.29, 0.717) is 0 Å². The van der Waals surface area contributed by atoms with Crippen LogP contribution in [0.1, 0.15) is 37.3 Å². The molecule has 12 heteroatoms. The predicted molar refractivity (Wildman–Crippen MR) is 141 cm³/mol. The summed E-state index contributed by atoms with van der Waals surface area (Å²) in [4.78, 5) is 53.6. The first kappa shape index (κ1) is 27.2. The van der Waals surface area contributed by atoms with Crippen molar-refractivity contribution < 1.29 is 38.3 Å². The van der Waals surface area contributed by atoms with Gasteiger partial charge in [0.05, 0.1) is 16.7 Å². The summed E-state index contributed by atoms with van der Waals surface area (Å²) in [7, 11) is 0. The van der Waals surface area contributed by atoms with Crippen LogP contribution >= 0.6 is 0 Å². The van der Waals surface area contributed by atoms with Crippen LogP contribution in [0.3, 0.4) is 0 Å². The minimum absolute atomic E-state index is 0.193. The van der Waals surface area contributed by atoms with E-state index in [2.05, 4.69) is 4.98 Å².